The van der Waals surface area contributed by atoms with Gasteiger partial charge in [-0.25, -0.2) is 0 Å². The maximum atomic E-state index is 12.6. The first kappa shape index (κ1) is 19.1. The van der Waals surface area contributed by atoms with Gasteiger partial charge in [-0.1, -0.05) is 30.8 Å². The monoisotopic (exact) mass is 394 g/mol. The number of carbonyl (C=O) groups excluding carboxylic acids is 3. The van der Waals surface area contributed by atoms with Crippen molar-refractivity contribution in [2.24, 2.45) is 0 Å². The fourth-order valence-corrected chi connectivity index (χ4v) is 4.86. The minimum absolute atomic E-state index is 0.00155. The third kappa shape index (κ3) is 4.73. The van der Waals surface area contributed by atoms with Gasteiger partial charge in [-0.3, -0.25) is 14.4 Å². The molecule has 8 heteroatoms. The van der Waals surface area contributed by atoms with Gasteiger partial charge in [0.15, 0.2) is 6.61 Å². The number of anilines is 1. The van der Waals surface area contributed by atoms with Gasteiger partial charge in [0.05, 0.1) is 12.1 Å². The summed E-state index contributed by atoms with van der Waals surface area (Å²) in [6.45, 7) is 3.50. The van der Waals surface area contributed by atoms with Crippen LogP contribution in [0.5, 0.6) is 0 Å². The van der Waals surface area contributed by atoms with E-state index in [1.54, 1.807) is 21.6 Å². The predicted molar refractivity (Wildman–Crippen MR) is 104 cm³/mol. The van der Waals surface area contributed by atoms with E-state index in [-0.39, 0.29) is 24.2 Å². The molecule has 6 nitrogen and oxygen atoms in total. The molecule has 1 unspecified atom stereocenters. The van der Waals surface area contributed by atoms with E-state index in [2.05, 4.69) is 6.92 Å². The Hall–Kier alpha value is -1.67. The molecule has 2 aliphatic heterocycles. The highest BCUT2D eigenvalue weighted by Gasteiger charge is 2.25. The number of ether oxygens (including phenoxy) is 1. The zero-order chi connectivity index (χ0) is 18.5. The molecule has 0 radical (unpaired) electrons. The van der Waals surface area contributed by atoms with Crippen LogP contribution in [0.3, 0.4) is 0 Å². The predicted octanol–water partition coefficient (Wildman–Crippen LogP) is 3.01. The summed E-state index contributed by atoms with van der Waals surface area (Å²) in [6.07, 6.45) is 0.997. The van der Waals surface area contributed by atoms with Gasteiger partial charge in [-0.05, 0) is 18.6 Å². The smallest absolute Gasteiger partial charge is 0.308 e. The molecule has 1 aromatic carbocycles. The number of para-hydroxylation sites is 1. The van der Waals surface area contributed by atoms with Crippen molar-refractivity contribution in [3.05, 3.63) is 24.3 Å². The lowest BCUT2D eigenvalue weighted by Crippen LogP contribution is -2.36. The van der Waals surface area contributed by atoms with Crippen molar-refractivity contribution < 1.29 is 19.1 Å². The van der Waals surface area contributed by atoms with E-state index >= 15 is 0 Å². The van der Waals surface area contributed by atoms with Crippen LogP contribution in [0, 0.1) is 0 Å². The second-order valence-corrected chi connectivity index (χ2v) is 8.77. The number of hydrogen-bond acceptors (Lipinski definition) is 6. The SMILES string of the molecule is CC1CCN(C(=O)COC(=O)CCN2CCSC2=O)c2ccccc2S1. The number of thioether (sulfide) groups is 2. The molecule has 2 heterocycles. The maximum Gasteiger partial charge on any atom is 0.308 e. The lowest BCUT2D eigenvalue weighted by Gasteiger charge is -2.22. The summed E-state index contributed by atoms with van der Waals surface area (Å²) in [7, 11) is 0. The highest BCUT2D eigenvalue weighted by atomic mass is 32.2. The molecule has 0 aromatic heterocycles. The van der Waals surface area contributed by atoms with Crippen LogP contribution in [0.1, 0.15) is 19.8 Å². The number of carbonyl (C=O) groups is 3. The van der Waals surface area contributed by atoms with Crippen molar-refractivity contribution in [1.82, 2.24) is 4.90 Å². The van der Waals surface area contributed by atoms with Crippen molar-refractivity contribution in [2.45, 2.75) is 29.9 Å². The van der Waals surface area contributed by atoms with Crippen molar-refractivity contribution in [3.63, 3.8) is 0 Å². The van der Waals surface area contributed by atoms with Crippen LogP contribution in [0.4, 0.5) is 10.5 Å². The third-order valence-corrected chi connectivity index (χ3v) is 6.46. The quantitative estimate of drug-likeness (QED) is 0.715. The number of rotatable bonds is 5. The summed E-state index contributed by atoms with van der Waals surface area (Å²) in [5, 5.41) is 0.425. The van der Waals surface area contributed by atoms with Crippen molar-refractivity contribution in [1.29, 1.82) is 0 Å². The van der Waals surface area contributed by atoms with E-state index in [4.69, 9.17) is 4.74 Å². The van der Waals surface area contributed by atoms with Gasteiger partial charge >= 0.3 is 5.97 Å². The minimum Gasteiger partial charge on any atom is -0.455 e. The number of nitrogens with zero attached hydrogens (tertiary/aromatic N) is 2. The van der Waals surface area contributed by atoms with E-state index in [0.717, 1.165) is 22.8 Å². The van der Waals surface area contributed by atoms with Gasteiger partial charge in [-0.15, -0.1) is 11.8 Å². The number of fused-ring (bicyclic) bond motifs is 1. The maximum absolute atomic E-state index is 12.6. The van der Waals surface area contributed by atoms with Crippen LogP contribution >= 0.6 is 23.5 Å². The molecule has 140 valence electrons. The number of benzene rings is 1. The van der Waals surface area contributed by atoms with Gasteiger partial charge in [0, 0.05) is 35.5 Å². The summed E-state index contributed by atoms with van der Waals surface area (Å²) >= 11 is 3.02. The Kier molecular flexibility index (Phi) is 6.48. The lowest BCUT2D eigenvalue weighted by atomic mass is 10.2. The fourth-order valence-electron chi connectivity index (χ4n) is 2.89. The number of amides is 2. The molecular formula is C18H22N2O4S2. The Morgan fingerprint density at radius 1 is 1.27 bits per heavy atom. The summed E-state index contributed by atoms with van der Waals surface area (Å²) in [4.78, 5) is 40.5. The Morgan fingerprint density at radius 3 is 2.85 bits per heavy atom. The number of hydrogen-bond donors (Lipinski definition) is 0. The van der Waals surface area contributed by atoms with Crippen LogP contribution in [0.25, 0.3) is 0 Å². The molecule has 1 aromatic rings. The molecule has 26 heavy (non-hydrogen) atoms. The molecule has 1 saturated heterocycles. The summed E-state index contributed by atoms with van der Waals surface area (Å²) in [6, 6.07) is 7.81. The van der Waals surface area contributed by atoms with Gasteiger partial charge in [0.25, 0.3) is 11.1 Å². The van der Waals surface area contributed by atoms with E-state index < -0.39 is 5.97 Å². The molecule has 1 atom stereocenters. The van der Waals surface area contributed by atoms with Gasteiger partial charge < -0.3 is 14.5 Å². The summed E-state index contributed by atoms with van der Waals surface area (Å²) in [5.41, 5.74) is 0.877. The van der Waals surface area contributed by atoms with E-state index in [1.807, 2.05) is 24.3 Å². The first-order valence-electron chi connectivity index (χ1n) is 8.68. The Morgan fingerprint density at radius 2 is 2.08 bits per heavy atom. The Labute approximate surface area is 161 Å². The van der Waals surface area contributed by atoms with Crippen LogP contribution < -0.4 is 4.90 Å². The van der Waals surface area contributed by atoms with Gasteiger partial charge in [-0.2, -0.15) is 0 Å². The molecule has 1 fully saturated rings. The summed E-state index contributed by atoms with van der Waals surface area (Å²) < 4.78 is 5.15. The first-order chi connectivity index (χ1) is 12.5. The number of esters is 1. The average Bonchev–Trinajstić information content (AvgIpc) is 2.95. The van der Waals surface area contributed by atoms with Crippen molar-refractivity contribution in [3.8, 4) is 0 Å². The van der Waals surface area contributed by atoms with Crippen LogP contribution in [-0.2, 0) is 14.3 Å². The summed E-state index contributed by atoms with van der Waals surface area (Å²) in [5.74, 6) is 0.0965. The molecular weight excluding hydrogens is 372 g/mol. The average molecular weight is 395 g/mol. The van der Waals surface area contributed by atoms with E-state index in [0.29, 0.717) is 24.9 Å². The molecule has 3 rings (SSSR count). The van der Waals surface area contributed by atoms with Gasteiger partial charge in [0.2, 0.25) is 0 Å². The minimum atomic E-state index is -0.450. The largest absolute Gasteiger partial charge is 0.455 e. The first-order valence-corrected chi connectivity index (χ1v) is 10.5. The highest BCUT2D eigenvalue weighted by molar-refractivity contribution is 8.13. The topological polar surface area (TPSA) is 66.9 Å². The van der Waals surface area contributed by atoms with Crippen LogP contribution in [0.15, 0.2) is 29.2 Å². The highest BCUT2D eigenvalue weighted by Crippen LogP contribution is 2.37. The molecule has 0 spiro atoms. The molecule has 0 N–H and O–H groups in total. The molecule has 0 bridgehead atoms. The van der Waals surface area contributed by atoms with Crippen molar-refractivity contribution >= 4 is 46.3 Å². The fraction of sp³-hybridized carbons (Fsp3) is 0.500. The molecule has 2 aliphatic rings. The zero-order valence-corrected chi connectivity index (χ0v) is 16.3. The van der Waals surface area contributed by atoms with Crippen LogP contribution in [-0.4, -0.2) is 59.3 Å². The lowest BCUT2D eigenvalue weighted by molar-refractivity contribution is -0.148. The van der Waals surface area contributed by atoms with Crippen LogP contribution in [0.2, 0.25) is 0 Å². The molecule has 0 saturated carbocycles. The Balaban J connectivity index is 1.53. The van der Waals surface area contributed by atoms with Gasteiger partial charge in [0.1, 0.15) is 0 Å². The molecule has 0 aliphatic carbocycles. The Bertz CT molecular complexity index is 698. The zero-order valence-electron chi connectivity index (χ0n) is 14.7. The van der Waals surface area contributed by atoms with E-state index in [9.17, 15) is 14.4 Å². The second-order valence-electron chi connectivity index (χ2n) is 6.24. The molecule has 2 amide bonds. The van der Waals surface area contributed by atoms with Crippen molar-refractivity contribution in [2.75, 3.05) is 36.9 Å². The standard InChI is InChI=1S/C18H22N2O4S2/c1-13-6-9-20(14-4-2-3-5-15(14)26-13)16(21)12-24-17(22)7-8-19-10-11-25-18(19)23/h2-5,13H,6-12H2,1H3. The second kappa shape index (κ2) is 8.81. The third-order valence-electron chi connectivity index (χ3n) is 4.33. The normalized spacial score (nSPS) is 19.9. The van der Waals surface area contributed by atoms with E-state index in [1.165, 1.54) is 11.8 Å².